The molecule has 0 saturated heterocycles. The zero-order valence-corrected chi connectivity index (χ0v) is 31.0. The van der Waals surface area contributed by atoms with Gasteiger partial charge in [-0.05, 0) is 105 Å². The van der Waals surface area contributed by atoms with E-state index in [4.69, 9.17) is 4.42 Å². The van der Waals surface area contributed by atoms with Gasteiger partial charge in [-0.15, -0.1) is 0 Å². The Morgan fingerprint density at radius 3 is 1.41 bits per heavy atom. The van der Waals surface area contributed by atoms with Crippen molar-refractivity contribution in [2.45, 2.75) is 12.8 Å². The molecule has 266 valence electrons. The van der Waals surface area contributed by atoms with Crippen molar-refractivity contribution in [1.29, 1.82) is 0 Å². The van der Waals surface area contributed by atoms with E-state index in [0.717, 1.165) is 63.0 Å². The maximum atomic E-state index is 6.65. The average Bonchev–Trinajstić information content (AvgIpc) is 3.66. The summed E-state index contributed by atoms with van der Waals surface area (Å²) in [6.07, 6.45) is 9.06. The molecular formula is C54H39NO. The first-order valence-electron chi connectivity index (χ1n) is 19.4. The third kappa shape index (κ3) is 6.42. The summed E-state index contributed by atoms with van der Waals surface area (Å²) in [6, 6.07) is 69.7. The lowest BCUT2D eigenvalue weighted by molar-refractivity contribution is 0.670. The molecular weight excluding hydrogens is 679 g/mol. The first-order chi connectivity index (χ1) is 27.7. The lowest BCUT2D eigenvalue weighted by Gasteiger charge is -2.27. The van der Waals surface area contributed by atoms with Gasteiger partial charge in [-0.3, -0.25) is 0 Å². The minimum absolute atomic E-state index is 0.881. The van der Waals surface area contributed by atoms with Crippen LogP contribution in [0.25, 0.3) is 72.0 Å². The van der Waals surface area contributed by atoms with Crippen molar-refractivity contribution in [3.8, 4) is 44.5 Å². The number of rotatable bonds is 8. The Kier molecular flexibility index (Phi) is 8.70. The van der Waals surface area contributed by atoms with Crippen LogP contribution in [-0.4, -0.2) is 0 Å². The third-order valence-electron chi connectivity index (χ3n) is 10.9. The minimum atomic E-state index is 0.881. The fraction of sp³-hybridized carbons (Fsp3) is 0.0370. The summed E-state index contributed by atoms with van der Waals surface area (Å²) in [4.78, 5) is 2.37. The molecule has 8 aromatic carbocycles. The van der Waals surface area contributed by atoms with E-state index < -0.39 is 0 Å². The van der Waals surface area contributed by atoms with Crippen LogP contribution in [0.5, 0.6) is 0 Å². The van der Waals surface area contributed by atoms with E-state index in [2.05, 4.69) is 211 Å². The number of nitrogens with zero attached hydrogens (tertiary/aromatic N) is 1. The standard InChI is InChI=1S/C54H39NO/c1-4-12-38(13-5-1)41-20-22-43(23-21-41)45-30-34-48(35-31-45)55(47-32-28-44(29-33-47)40-16-8-3-9-17-40)49-36-51(54-52(37-49)50-18-10-11-19-53(50)56-54)46-26-24-42(25-27-46)39-14-6-2-7-15-39/h2-4,6-37H,1,5H2. The Hall–Kier alpha value is -7.16. The van der Waals surface area contributed by atoms with Crippen molar-refractivity contribution in [3.63, 3.8) is 0 Å². The Morgan fingerprint density at radius 1 is 0.375 bits per heavy atom. The molecule has 0 amide bonds. The molecule has 0 bridgehead atoms. The molecule has 0 atom stereocenters. The van der Waals surface area contributed by atoms with Gasteiger partial charge >= 0.3 is 0 Å². The molecule has 0 radical (unpaired) electrons. The van der Waals surface area contributed by atoms with Crippen LogP contribution in [0, 0.1) is 0 Å². The summed E-state index contributed by atoms with van der Waals surface area (Å²) in [5.74, 6) is 0. The van der Waals surface area contributed by atoms with Crippen molar-refractivity contribution in [1.82, 2.24) is 0 Å². The lowest BCUT2D eigenvalue weighted by atomic mass is 9.96. The second-order valence-electron chi connectivity index (χ2n) is 14.4. The highest BCUT2D eigenvalue weighted by Crippen LogP contribution is 2.44. The molecule has 0 aliphatic heterocycles. The lowest BCUT2D eigenvalue weighted by Crippen LogP contribution is -2.10. The number of fused-ring (bicyclic) bond motifs is 3. The molecule has 0 unspecified atom stereocenters. The number of benzene rings is 8. The Bertz CT molecular complexity index is 2850. The van der Waals surface area contributed by atoms with Gasteiger partial charge in [-0.2, -0.15) is 0 Å². The van der Waals surface area contributed by atoms with Crippen molar-refractivity contribution in [3.05, 3.63) is 218 Å². The van der Waals surface area contributed by atoms with Crippen molar-refractivity contribution in [2.24, 2.45) is 0 Å². The number of allylic oxidation sites excluding steroid dienone is 4. The molecule has 0 spiro atoms. The van der Waals surface area contributed by atoms with Crippen LogP contribution in [0.3, 0.4) is 0 Å². The van der Waals surface area contributed by atoms with E-state index in [0.29, 0.717) is 0 Å². The van der Waals surface area contributed by atoms with E-state index in [1.165, 1.54) is 44.5 Å². The van der Waals surface area contributed by atoms with Gasteiger partial charge in [0.25, 0.3) is 0 Å². The Labute approximate surface area is 327 Å². The second kappa shape index (κ2) is 14.6. The smallest absolute Gasteiger partial charge is 0.143 e. The van der Waals surface area contributed by atoms with Crippen molar-refractivity contribution in [2.75, 3.05) is 4.90 Å². The average molecular weight is 718 g/mol. The summed E-state index contributed by atoms with van der Waals surface area (Å²) < 4.78 is 6.65. The van der Waals surface area contributed by atoms with Gasteiger partial charge in [0, 0.05) is 33.4 Å². The number of hydrogen-bond acceptors (Lipinski definition) is 2. The predicted octanol–water partition coefficient (Wildman–Crippen LogP) is 15.5. The molecule has 1 aliphatic rings. The molecule has 2 nitrogen and oxygen atoms in total. The molecule has 10 rings (SSSR count). The molecule has 1 heterocycles. The van der Waals surface area contributed by atoms with Gasteiger partial charge in [-0.25, -0.2) is 0 Å². The maximum Gasteiger partial charge on any atom is 0.143 e. The summed E-state index contributed by atoms with van der Waals surface area (Å²) in [6.45, 7) is 0. The van der Waals surface area contributed by atoms with Gasteiger partial charge in [-0.1, -0.05) is 170 Å². The van der Waals surface area contributed by atoms with E-state index >= 15 is 0 Å². The Balaban J connectivity index is 1.10. The fourth-order valence-electron chi connectivity index (χ4n) is 7.99. The quantitative estimate of drug-likeness (QED) is 0.156. The number of para-hydroxylation sites is 1. The summed E-state index contributed by atoms with van der Waals surface area (Å²) in [5.41, 5.74) is 16.9. The molecule has 1 aliphatic carbocycles. The highest BCUT2D eigenvalue weighted by molar-refractivity contribution is 6.11. The van der Waals surface area contributed by atoms with Crippen LogP contribution < -0.4 is 4.90 Å². The normalized spacial score (nSPS) is 12.5. The third-order valence-corrected chi connectivity index (χ3v) is 10.9. The second-order valence-corrected chi connectivity index (χ2v) is 14.4. The van der Waals surface area contributed by atoms with Crippen LogP contribution in [0.1, 0.15) is 18.4 Å². The van der Waals surface area contributed by atoms with Gasteiger partial charge in [0.2, 0.25) is 0 Å². The highest BCUT2D eigenvalue weighted by Gasteiger charge is 2.20. The molecule has 9 aromatic rings. The molecule has 56 heavy (non-hydrogen) atoms. The van der Waals surface area contributed by atoms with Gasteiger partial charge in [0.1, 0.15) is 11.2 Å². The topological polar surface area (TPSA) is 16.4 Å². The largest absolute Gasteiger partial charge is 0.455 e. The first-order valence-corrected chi connectivity index (χ1v) is 19.4. The van der Waals surface area contributed by atoms with Crippen LogP contribution in [0.4, 0.5) is 17.1 Å². The summed E-state index contributed by atoms with van der Waals surface area (Å²) in [7, 11) is 0. The van der Waals surface area contributed by atoms with Gasteiger partial charge in [0.15, 0.2) is 0 Å². The monoisotopic (exact) mass is 717 g/mol. The summed E-state index contributed by atoms with van der Waals surface area (Å²) in [5, 5.41) is 2.19. The van der Waals surface area contributed by atoms with Gasteiger partial charge in [0.05, 0.1) is 0 Å². The van der Waals surface area contributed by atoms with Crippen LogP contribution in [-0.2, 0) is 0 Å². The molecule has 0 N–H and O–H groups in total. The van der Waals surface area contributed by atoms with E-state index in [-0.39, 0.29) is 0 Å². The van der Waals surface area contributed by atoms with Crippen LogP contribution in [0.2, 0.25) is 0 Å². The number of furan rings is 1. The van der Waals surface area contributed by atoms with Crippen LogP contribution in [0.15, 0.2) is 217 Å². The molecule has 0 fully saturated rings. The maximum absolute atomic E-state index is 6.65. The zero-order valence-electron chi connectivity index (χ0n) is 31.0. The summed E-state index contributed by atoms with van der Waals surface area (Å²) >= 11 is 0. The number of anilines is 3. The van der Waals surface area contributed by atoms with E-state index in [1.807, 2.05) is 6.07 Å². The first kappa shape index (κ1) is 33.4. The minimum Gasteiger partial charge on any atom is -0.455 e. The predicted molar refractivity (Wildman–Crippen MR) is 236 cm³/mol. The molecule has 1 aromatic heterocycles. The molecule has 0 saturated carbocycles. The highest BCUT2D eigenvalue weighted by atomic mass is 16.3. The fourth-order valence-corrected chi connectivity index (χ4v) is 7.99. The Morgan fingerprint density at radius 2 is 0.857 bits per heavy atom. The number of hydrogen-bond donors (Lipinski definition) is 0. The van der Waals surface area contributed by atoms with Crippen LogP contribution >= 0.6 is 0 Å². The van der Waals surface area contributed by atoms with E-state index in [1.54, 1.807) is 0 Å². The van der Waals surface area contributed by atoms with E-state index in [9.17, 15) is 0 Å². The SMILES string of the molecule is C1=CC(c2ccc(-c3ccc(N(c4ccc(-c5ccccc5)cc4)c4cc(-c5ccc(-c6ccccc6)cc5)c5oc6ccccc6c5c4)cc3)cc2)=CCC1. The molecule has 2 heteroatoms. The van der Waals surface area contributed by atoms with Gasteiger partial charge < -0.3 is 9.32 Å². The zero-order chi connectivity index (χ0) is 37.3. The van der Waals surface area contributed by atoms with Crippen molar-refractivity contribution >= 4 is 44.6 Å². The van der Waals surface area contributed by atoms with Crippen molar-refractivity contribution < 1.29 is 4.42 Å².